The van der Waals surface area contributed by atoms with E-state index in [1.807, 2.05) is 0 Å². The molecule has 0 saturated heterocycles. The molecule has 5 heteroatoms. The Morgan fingerprint density at radius 3 is 2.38 bits per heavy atom. The van der Waals surface area contributed by atoms with Gasteiger partial charge in [0.15, 0.2) is 0 Å². The van der Waals surface area contributed by atoms with E-state index in [-0.39, 0.29) is 12.3 Å². The molecule has 0 fully saturated rings. The number of nitrogens with one attached hydrogen (secondary N) is 1. The van der Waals surface area contributed by atoms with Gasteiger partial charge in [0.05, 0.1) is 6.10 Å². The zero-order valence-corrected chi connectivity index (χ0v) is 7.73. The van der Waals surface area contributed by atoms with Crippen LogP contribution in [0.1, 0.15) is 20.3 Å². The summed E-state index contributed by atoms with van der Waals surface area (Å²) >= 11 is 0. The summed E-state index contributed by atoms with van der Waals surface area (Å²) in [6.07, 6.45) is -0.356. The number of aliphatic hydroxyl groups excluding tert-OH is 1. The van der Waals surface area contributed by atoms with Crippen molar-refractivity contribution in [3.63, 3.8) is 0 Å². The number of carbonyl (C=O) groups excluding carboxylic acids is 1. The van der Waals surface area contributed by atoms with Gasteiger partial charge in [0.2, 0.25) is 6.41 Å². The Labute approximate surface area is 76.8 Å². The second-order valence-electron chi connectivity index (χ2n) is 3.22. The SMILES string of the molecule is CC(C)C(O)CC(NC=O)C(=O)O. The number of carbonyl (C=O) groups is 2. The summed E-state index contributed by atoms with van der Waals surface area (Å²) in [6, 6.07) is -1.00. The second kappa shape index (κ2) is 5.53. The maximum atomic E-state index is 10.5. The van der Waals surface area contributed by atoms with Crippen LogP contribution in [0.4, 0.5) is 0 Å². The zero-order chi connectivity index (χ0) is 10.4. The topological polar surface area (TPSA) is 86.6 Å². The normalized spacial score (nSPS) is 15.1. The highest BCUT2D eigenvalue weighted by molar-refractivity contribution is 5.76. The van der Waals surface area contributed by atoms with E-state index in [9.17, 15) is 14.7 Å². The van der Waals surface area contributed by atoms with E-state index in [1.54, 1.807) is 13.8 Å². The van der Waals surface area contributed by atoms with Crippen molar-refractivity contribution < 1.29 is 19.8 Å². The predicted octanol–water partition coefficient (Wildman–Crippen LogP) is -0.407. The van der Waals surface area contributed by atoms with Crippen LogP contribution in [0, 0.1) is 5.92 Å². The fraction of sp³-hybridized carbons (Fsp3) is 0.750. The first kappa shape index (κ1) is 11.9. The van der Waals surface area contributed by atoms with Gasteiger partial charge in [-0.15, -0.1) is 0 Å². The van der Waals surface area contributed by atoms with Crippen molar-refractivity contribution in [2.75, 3.05) is 0 Å². The van der Waals surface area contributed by atoms with Crippen molar-refractivity contribution in [3.05, 3.63) is 0 Å². The van der Waals surface area contributed by atoms with Gasteiger partial charge in [0, 0.05) is 6.42 Å². The lowest BCUT2D eigenvalue weighted by molar-refractivity contribution is -0.141. The van der Waals surface area contributed by atoms with Crippen molar-refractivity contribution >= 4 is 12.4 Å². The molecule has 0 aliphatic rings. The third-order valence-corrected chi connectivity index (χ3v) is 1.81. The highest BCUT2D eigenvalue weighted by Gasteiger charge is 2.22. The van der Waals surface area contributed by atoms with Gasteiger partial charge < -0.3 is 15.5 Å². The van der Waals surface area contributed by atoms with Gasteiger partial charge in [-0.05, 0) is 5.92 Å². The molecule has 3 N–H and O–H groups in total. The van der Waals surface area contributed by atoms with E-state index in [1.165, 1.54) is 0 Å². The number of aliphatic carboxylic acids is 1. The standard InChI is InChI=1S/C8H15NO4/c1-5(2)7(11)3-6(8(12)13)9-4-10/h4-7,11H,3H2,1-2H3,(H,9,10)(H,12,13). The Kier molecular flexibility index (Phi) is 5.06. The van der Waals surface area contributed by atoms with Crippen LogP contribution in [-0.4, -0.2) is 34.7 Å². The van der Waals surface area contributed by atoms with Crippen LogP contribution in [0.5, 0.6) is 0 Å². The molecule has 0 heterocycles. The van der Waals surface area contributed by atoms with Gasteiger partial charge in [-0.25, -0.2) is 4.79 Å². The van der Waals surface area contributed by atoms with Crippen molar-refractivity contribution in [1.82, 2.24) is 5.32 Å². The molecule has 2 unspecified atom stereocenters. The Hall–Kier alpha value is -1.10. The monoisotopic (exact) mass is 189 g/mol. The molecule has 5 nitrogen and oxygen atoms in total. The minimum Gasteiger partial charge on any atom is -0.480 e. The lowest BCUT2D eigenvalue weighted by Gasteiger charge is -2.18. The van der Waals surface area contributed by atoms with Crippen LogP contribution in [0.3, 0.4) is 0 Å². The molecule has 0 saturated carbocycles. The molecule has 1 amide bonds. The molecule has 0 aromatic rings. The number of carboxylic acids is 1. The molecule has 2 atom stereocenters. The van der Waals surface area contributed by atoms with E-state index >= 15 is 0 Å². The molecule has 0 aliphatic carbocycles. The van der Waals surface area contributed by atoms with E-state index in [0.717, 1.165) is 0 Å². The van der Waals surface area contributed by atoms with Crippen molar-refractivity contribution in [2.45, 2.75) is 32.4 Å². The van der Waals surface area contributed by atoms with Crippen LogP contribution in [0.25, 0.3) is 0 Å². The van der Waals surface area contributed by atoms with Gasteiger partial charge >= 0.3 is 5.97 Å². The summed E-state index contributed by atoms with van der Waals surface area (Å²) in [5.74, 6) is -1.15. The average Bonchev–Trinajstić information content (AvgIpc) is 2.03. The largest absolute Gasteiger partial charge is 0.480 e. The van der Waals surface area contributed by atoms with Gasteiger partial charge in [-0.1, -0.05) is 13.8 Å². The first-order valence-corrected chi connectivity index (χ1v) is 4.09. The quantitative estimate of drug-likeness (QED) is 0.496. The molecule has 13 heavy (non-hydrogen) atoms. The summed E-state index contributed by atoms with van der Waals surface area (Å²) in [5.41, 5.74) is 0. The second-order valence-corrected chi connectivity index (χ2v) is 3.22. The van der Waals surface area contributed by atoms with Gasteiger partial charge in [0.25, 0.3) is 0 Å². The molecule has 0 aromatic carbocycles. The van der Waals surface area contributed by atoms with Crippen LogP contribution in [0.2, 0.25) is 0 Å². The lowest BCUT2D eigenvalue weighted by atomic mass is 10.00. The molecule has 0 spiro atoms. The molecule has 0 bridgehead atoms. The predicted molar refractivity (Wildman–Crippen MR) is 46.1 cm³/mol. The molecular formula is C8H15NO4. The summed E-state index contributed by atoms with van der Waals surface area (Å²) in [5, 5.41) is 20.1. The molecule has 0 radical (unpaired) electrons. The molecule has 0 aromatic heterocycles. The fourth-order valence-corrected chi connectivity index (χ4v) is 0.836. The number of hydrogen-bond acceptors (Lipinski definition) is 3. The smallest absolute Gasteiger partial charge is 0.326 e. The van der Waals surface area contributed by atoms with E-state index < -0.39 is 18.1 Å². The minimum absolute atomic E-state index is 0.0182. The van der Waals surface area contributed by atoms with E-state index in [2.05, 4.69) is 5.32 Å². The lowest BCUT2D eigenvalue weighted by Crippen LogP contribution is -2.39. The summed E-state index contributed by atoms with van der Waals surface area (Å²) in [4.78, 5) is 20.5. The summed E-state index contributed by atoms with van der Waals surface area (Å²) < 4.78 is 0. The Balaban J connectivity index is 4.09. The third-order valence-electron chi connectivity index (χ3n) is 1.81. The van der Waals surface area contributed by atoms with Crippen molar-refractivity contribution in [2.24, 2.45) is 5.92 Å². The highest BCUT2D eigenvalue weighted by atomic mass is 16.4. The number of hydrogen-bond donors (Lipinski definition) is 3. The zero-order valence-electron chi connectivity index (χ0n) is 7.73. The van der Waals surface area contributed by atoms with Crippen LogP contribution >= 0.6 is 0 Å². The van der Waals surface area contributed by atoms with Crippen LogP contribution in [-0.2, 0) is 9.59 Å². The Morgan fingerprint density at radius 2 is 2.08 bits per heavy atom. The van der Waals surface area contributed by atoms with Gasteiger partial charge in [0.1, 0.15) is 6.04 Å². The van der Waals surface area contributed by atoms with Gasteiger partial charge in [-0.2, -0.15) is 0 Å². The summed E-state index contributed by atoms with van der Waals surface area (Å²) in [7, 11) is 0. The fourth-order valence-electron chi connectivity index (χ4n) is 0.836. The first-order valence-electron chi connectivity index (χ1n) is 4.09. The molecule has 0 rings (SSSR count). The molecule has 0 aliphatic heterocycles. The molecular weight excluding hydrogens is 174 g/mol. The van der Waals surface area contributed by atoms with E-state index in [4.69, 9.17) is 5.11 Å². The maximum Gasteiger partial charge on any atom is 0.326 e. The number of aliphatic hydroxyl groups is 1. The van der Waals surface area contributed by atoms with E-state index in [0.29, 0.717) is 6.41 Å². The van der Waals surface area contributed by atoms with Gasteiger partial charge in [-0.3, -0.25) is 4.79 Å². The highest BCUT2D eigenvalue weighted by Crippen LogP contribution is 2.08. The Morgan fingerprint density at radius 1 is 1.54 bits per heavy atom. The Bertz CT molecular complexity index is 181. The van der Waals surface area contributed by atoms with Crippen LogP contribution in [0.15, 0.2) is 0 Å². The summed E-state index contributed by atoms with van der Waals surface area (Å²) in [6.45, 7) is 3.56. The van der Waals surface area contributed by atoms with Crippen LogP contribution < -0.4 is 5.32 Å². The number of rotatable bonds is 6. The minimum atomic E-state index is -1.13. The van der Waals surface area contributed by atoms with Crippen molar-refractivity contribution in [1.29, 1.82) is 0 Å². The number of carboxylic acid groups (broad SMARTS) is 1. The average molecular weight is 189 g/mol. The van der Waals surface area contributed by atoms with Crippen molar-refractivity contribution in [3.8, 4) is 0 Å². The molecule has 76 valence electrons. The number of amides is 1. The first-order chi connectivity index (χ1) is 5.99. The maximum absolute atomic E-state index is 10.5. The third kappa shape index (κ3) is 4.47.